The van der Waals surface area contributed by atoms with Gasteiger partial charge >= 0.3 is 0 Å². The van der Waals surface area contributed by atoms with E-state index in [1.165, 1.54) is 135 Å². The minimum Gasteiger partial charge on any atom is -0.0882 e. The molecule has 0 heteroatoms. The van der Waals surface area contributed by atoms with Crippen molar-refractivity contribution in [3.8, 4) is 0 Å². The van der Waals surface area contributed by atoms with E-state index in [-0.39, 0.29) is 0 Å². The molecule has 0 fully saturated rings. The van der Waals surface area contributed by atoms with Crippen LogP contribution in [0.15, 0.2) is 48.6 Å². The number of hydrogen-bond acceptors (Lipinski definition) is 0. The highest BCUT2D eigenvalue weighted by Crippen LogP contribution is 2.13. The van der Waals surface area contributed by atoms with Crippen LogP contribution in [0.25, 0.3) is 0 Å². The van der Waals surface area contributed by atoms with E-state index in [1.54, 1.807) is 0 Å². The zero-order valence-corrected chi connectivity index (χ0v) is 25.6. The molecule has 0 rings (SSSR count). The van der Waals surface area contributed by atoms with Gasteiger partial charge in [-0.2, -0.15) is 0 Å². The van der Waals surface area contributed by atoms with Crippen LogP contribution in [0.1, 0.15) is 182 Å². The zero-order valence-electron chi connectivity index (χ0n) is 25.6. The van der Waals surface area contributed by atoms with E-state index in [4.69, 9.17) is 0 Å². The molecule has 0 saturated heterocycles. The summed E-state index contributed by atoms with van der Waals surface area (Å²) in [6.45, 7) is 9.05. The third-order valence-electron chi connectivity index (χ3n) is 6.62. The molecule has 0 aliphatic heterocycles. The van der Waals surface area contributed by atoms with Crippen molar-refractivity contribution < 1.29 is 0 Å². The van der Waals surface area contributed by atoms with Crippen molar-refractivity contribution in [3.05, 3.63) is 48.6 Å². The molecule has 0 N–H and O–H groups in total. The second-order valence-corrected chi connectivity index (χ2v) is 10.5. The maximum absolute atomic E-state index is 2.31. The molecule has 212 valence electrons. The molecule has 0 aromatic heterocycles. The van der Waals surface area contributed by atoms with Crippen LogP contribution in [0.2, 0.25) is 0 Å². The molecule has 0 saturated carbocycles. The summed E-state index contributed by atoms with van der Waals surface area (Å²) in [4.78, 5) is 0. The van der Waals surface area contributed by atoms with E-state index < -0.39 is 0 Å². The van der Waals surface area contributed by atoms with E-state index in [0.29, 0.717) is 0 Å². The normalized spacial score (nSPS) is 11.9. The van der Waals surface area contributed by atoms with E-state index in [0.717, 1.165) is 19.3 Å². The van der Waals surface area contributed by atoms with Crippen LogP contribution in [0.5, 0.6) is 0 Å². The lowest BCUT2D eigenvalue weighted by Gasteiger charge is -2.02. The molecule has 0 nitrogen and oxygen atoms in total. The summed E-state index contributed by atoms with van der Waals surface area (Å²) in [5, 5.41) is 0. The van der Waals surface area contributed by atoms with Gasteiger partial charge in [0.15, 0.2) is 0 Å². The molecule has 0 spiro atoms. The van der Waals surface area contributed by atoms with Gasteiger partial charge in [0, 0.05) is 0 Å². The molecule has 0 radical (unpaired) electrons. The van der Waals surface area contributed by atoms with Crippen molar-refractivity contribution in [1.82, 2.24) is 0 Å². The van der Waals surface area contributed by atoms with Crippen LogP contribution in [-0.2, 0) is 0 Å². The van der Waals surface area contributed by atoms with Crippen molar-refractivity contribution in [3.63, 3.8) is 0 Å². The average molecular weight is 501 g/mol. The molecule has 0 aliphatic carbocycles. The van der Waals surface area contributed by atoms with Gasteiger partial charge in [-0.15, -0.1) is 0 Å². The molecule has 0 aliphatic rings. The van der Waals surface area contributed by atoms with Crippen molar-refractivity contribution in [2.75, 3.05) is 0 Å². The van der Waals surface area contributed by atoms with Gasteiger partial charge in [0.1, 0.15) is 0 Å². The van der Waals surface area contributed by atoms with Gasteiger partial charge in [-0.3, -0.25) is 0 Å². The minimum atomic E-state index is 1.06. The van der Waals surface area contributed by atoms with Crippen molar-refractivity contribution in [1.29, 1.82) is 0 Å². The molecule has 0 atom stereocenters. The van der Waals surface area contributed by atoms with Gasteiger partial charge < -0.3 is 0 Å². The van der Waals surface area contributed by atoms with Crippen molar-refractivity contribution in [2.24, 2.45) is 0 Å². The summed E-state index contributed by atoms with van der Waals surface area (Å²) in [5.41, 5.74) is 0. The Kier molecular flexibility index (Phi) is 39.7. The average Bonchev–Trinajstić information content (AvgIpc) is 2.89. The van der Waals surface area contributed by atoms with Crippen LogP contribution in [0.3, 0.4) is 0 Å². The standard InChI is InChI=1S/C19H32.C17H36/c1-3-5-7-9-11-13-15-17-19-18-16-14-12-10-8-6-4-2;1-3-5-7-9-11-13-15-17-16-14-12-10-8-6-4-2/h7,9,12-15,18-19H,3-6,8,10-11,16-17H2,1-2H3;3-17H2,1-2H3/b9-7+,14-12+,15-13+,19-18+;. The van der Waals surface area contributed by atoms with Gasteiger partial charge in [-0.05, 0) is 38.5 Å². The van der Waals surface area contributed by atoms with E-state index in [2.05, 4.69) is 76.3 Å². The Labute approximate surface area is 230 Å². The molecular formula is C36H68. The fraction of sp³-hybridized carbons (Fsp3) is 0.778. The molecule has 36 heavy (non-hydrogen) atoms. The SMILES string of the molecule is CCC/C=C/C/C=C/C/C=C/C/C=C/CCCCC.CCCCCCCCCCCCCCCCC. The highest BCUT2D eigenvalue weighted by molar-refractivity contribution is 4.99. The van der Waals surface area contributed by atoms with Crippen LogP contribution >= 0.6 is 0 Å². The number of allylic oxidation sites excluding steroid dienone is 8. The van der Waals surface area contributed by atoms with Gasteiger partial charge in [0.05, 0.1) is 0 Å². The summed E-state index contributed by atoms with van der Waals surface area (Å²) >= 11 is 0. The molecule has 0 aromatic rings. The first-order valence-corrected chi connectivity index (χ1v) is 16.4. The maximum atomic E-state index is 2.31. The Bertz CT molecular complexity index is 450. The topological polar surface area (TPSA) is 0 Å². The summed E-state index contributed by atoms with van der Waals surface area (Å²) in [7, 11) is 0. The van der Waals surface area contributed by atoms with Gasteiger partial charge in [-0.25, -0.2) is 0 Å². The van der Waals surface area contributed by atoms with Crippen molar-refractivity contribution in [2.45, 2.75) is 182 Å². The van der Waals surface area contributed by atoms with Crippen LogP contribution < -0.4 is 0 Å². The highest BCUT2D eigenvalue weighted by atomic mass is 14.0. The first kappa shape index (κ1) is 37.1. The Morgan fingerprint density at radius 2 is 0.528 bits per heavy atom. The summed E-state index contributed by atoms with van der Waals surface area (Å²) in [6, 6.07) is 0. The first-order chi connectivity index (χ1) is 17.8. The lowest BCUT2D eigenvalue weighted by atomic mass is 10.0. The van der Waals surface area contributed by atoms with E-state index in [9.17, 15) is 0 Å². The molecule has 0 heterocycles. The Balaban J connectivity index is 0. The smallest absolute Gasteiger partial charge is 0.0169 e. The van der Waals surface area contributed by atoms with E-state index in [1.807, 2.05) is 0 Å². The molecule has 0 unspecified atom stereocenters. The number of rotatable bonds is 26. The third kappa shape index (κ3) is 40.1. The summed E-state index contributed by atoms with van der Waals surface area (Å²) < 4.78 is 0. The predicted molar refractivity (Wildman–Crippen MR) is 170 cm³/mol. The van der Waals surface area contributed by atoms with Gasteiger partial charge in [0.2, 0.25) is 0 Å². The summed E-state index contributed by atoms with van der Waals surface area (Å²) in [6.07, 6.45) is 51.0. The number of unbranched alkanes of at least 4 members (excludes halogenated alkanes) is 18. The Morgan fingerprint density at radius 1 is 0.250 bits per heavy atom. The Morgan fingerprint density at radius 3 is 0.861 bits per heavy atom. The monoisotopic (exact) mass is 501 g/mol. The third-order valence-corrected chi connectivity index (χ3v) is 6.62. The van der Waals surface area contributed by atoms with Crippen LogP contribution in [0.4, 0.5) is 0 Å². The lowest BCUT2D eigenvalue weighted by molar-refractivity contribution is 0.534. The zero-order chi connectivity index (χ0) is 26.6. The highest BCUT2D eigenvalue weighted by Gasteiger charge is 1.93. The van der Waals surface area contributed by atoms with Crippen molar-refractivity contribution >= 4 is 0 Å². The van der Waals surface area contributed by atoms with Gasteiger partial charge in [0.25, 0.3) is 0 Å². The fourth-order valence-corrected chi connectivity index (χ4v) is 4.17. The van der Waals surface area contributed by atoms with Crippen LogP contribution in [-0.4, -0.2) is 0 Å². The second kappa shape index (κ2) is 38.5. The predicted octanol–water partition coefficient (Wildman–Crippen LogP) is 13.6. The molecule has 0 bridgehead atoms. The quantitative estimate of drug-likeness (QED) is 0.0818. The lowest BCUT2D eigenvalue weighted by Crippen LogP contribution is -1.82. The second-order valence-electron chi connectivity index (χ2n) is 10.5. The maximum Gasteiger partial charge on any atom is -0.0169 e. The molecular weight excluding hydrogens is 432 g/mol. The first-order valence-electron chi connectivity index (χ1n) is 16.4. The fourth-order valence-electron chi connectivity index (χ4n) is 4.17. The van der Waals surface area contributed by atoms with Gasteiger partial charge in [-0.1, -0.05) is 192 Å². The van der Waals surface area contributed by atoms with E-state index >= 15 is 0 Å². The summed E-state index contributed by atoms with van der Waals surface area (Å²) in [5.74, 6) is 0. The Hall–Kier alpha value is -1.04. The largest absolute Gasteiger partial charge is 0.0882 e. The van der Waals surface area contributed by atoms with Crippen LogP contribution in [0, 0.1) is 0 Å². The minimum absolute atomic E-state index is 1.06. The number of hydrogen-bond donors (Lipinski definition) is 0. The molecule has 0 amide bonds. The molecule has 0 aromatic carbocycles.